The summed E-state index contributed by atoms with van der Waals surface area (Å²) >= 11 is 3.43. The van der Waals surface area contributed by atoms with Crippen LogP contribution in [0.1, 0.15) is 29.4 Å². The molecule has 0 spiro atoms. The van der Waals surface area contributed by atoms with E-state index in [4.69, 9.17) is 10.5 Å². The van der Waals surface area contributed by atoms with E-state index in [0.29, 0.717) is 27.6 Å². The zero-order valence-electron chi connectivity index (χ0n) is 12.3. The van der Waals surface area contributed by atoms with Crippen LogP contribution in [-0.4, -0.2) is 43.2 Å². The summed E-state index contributed by atoms with van der Waals surface area (Å²) in [7, 11) is 1.62. The number of carbonyl (C=O) groups is 1. The molecule has 2 aliphatic rings. The van der Waals surface area contributed by atoms with E-state index in [1.54, 1.807) is 7.11 Å². The van der Waals surface area contributed by atoms with Crippen LogP contribution in [0.5, 0.6) is 5.75 Å². The summed E-state index contributed by atoms with van der Waals surface area (Å²) in [4.78, 5) is 15.2. The Morgan fingerprint density at radius 1 is 1.48 bits per heavy atom. The van der Waals surface area contributed by atoms with Gasteiger partial charge in [-0.15, -0.1) is 11.3 Å². The summed E-state index contributed by atoms with van der Waals surface area (Å²) < 4.78 is 5.47. The third-order valence-corrected chi connectivity index (χ3v) is 6.12. The van der Waals surface area contributed by atoms with Crippen LogP contribution in [0.15, 0.2) is 0 Å². The Morgan fingerprint density at radius 3 is 2.86 bits per heavy atom. The van der Waals surface area contributed by atoms with E-state index < -0.39 is 0 Å². The fraction of sp³-hybridized carbons (Fsp3) is 0.643. The molecular formula is C14H21N3O2S2. The van der Waals surface area contributed by atoms with Crippen molar-refractivity contribution in [3.8, 4) is 5.75 Å². The molecule has 0 bridgehead atoms. The summed E-state index contributed by atoms with van der Waals surface area (Å²) in [5.74, 6) is 1.68. The second-order valence-electron chi connectivity index (χ2n) is 5.56. The Balaban J connectivity index is 1.86. The Labute approximate surface area is 133 Å². The summed E-state index contributed by atoms with van der Waals surface area (Å²) in [5, 5.41) is 4.57. The van der Waals surface area contributed by atoms with E-state index in [-0.39, 0.29) is 5.91 Å². The van der Waals surface area contributed by atoms with Crippen LogP contribution >= 0.6 is 23.1 Å². The third kappa shape index (κ3) is 3.08. The van der Waals surface area contributed by atoms with Gasteiger partial charge >= 0.3 is 0 Å². The molecule has 5 nitrogen and oxygen atoms in total. The van der Waals surface area contributed by atoms with Gasteiger partial charge in [-0.25, -0.2) is 0 Å². The average molecular weight is 327 g/mol. The van der Waals surface area contributed by atoms with Gasteiger partial charge in [0.1, 0.15) is 15.6 Å². The maximum atomic E-state index is 12.3. The standard InChI is InChI=1S/C14H21N3O2S2/c1-8-7-17(5-6-20-8)14-11(19-2)10(15)12(21-14)13(18)16-9-3-4-9/h8-9H,3-7,15H2,1-2H3,(H,16,18). The number of hydrogen-bond acceptors (Lipinski definition) is 6. The van der Waals surface area contributed by atoms with Crippen LogP contribution in [0.25, 0.3) is 0 Å². The minimum Gasteiger partial charge on any atom is -0.492 e. The molecule has 1 aromatic rings. The van der Waals surface area contributed by atoms with Gasteiger partial charge < -0.3 is 20.7 Å². The predicted octanol–water partition coefficient (Wildman–Crippen LogP) is 2.17. The molecule has 0 aromatic carbocycles. The Morgan fingerprint density at radius 2 is 2.24 bits per heavy atom. The molecule has 3 rings (SSSR count). The lowest BCUT2D eigenvalue weighted by Gasteiger charge is -2.31. The van der Waals surface area contributed by atoms with Crippen LogP contribution < -0.4 is 20.7 Å². The first-order chi connectivity index (χ1) is 10.1. The number of hydrogen-bond donors (Lipinski definition) is 2. The minimum atomic E-state index is -0.0658. The third-order valence-electron chi connectivity index (χ3n) is 3.73. The number of rotatable bonds is 4. The highest BCUT2D eigenvalue weighted by Crippen LogP contribution is 2.45. The first kappa shape index (κ1) is 14.8. The van der Waals surface area contributed by atoms with Crippen molar-refractivity contribution < 1.29 is 9.53 Å². The van der Waals surface area contributed by atoms with Gasteiger partial charge in [-0.2, -0.15) is 11.8 Å². The van der Waals surface area contributed by atoms with Gasteiger partial charge in [-0.05, 0) is 12.8 Å². The maximum Gasteiger partial charge on any atom is 0.263 e. The quantitative estimate of drug-likeness (QED) is 0.887. The SMILES string of the molecule is COc1c(N2CCSC(C)C2)sc(C(=O)NC2CC2)c1N. The number of thiophene rings is 1. The number of carbonyl (C=O) groups excluding carboxylic acids is 1. The molecule has 1 saturated heterocycles. The fourth-order valence-corrected chi connectivity index (χ4v) is 4.61. The van der Waals surface area contributed by atoms with Crippen molar-refractivity contribution in [2.24, 2.45) is 0 Å². The molecule has 2 heterocycles. The van der Waals surface area contributed by atoms with Crippen molar-refractivity contribution in [1.29, 1.82) is 0 Å². The van der Waals surface area contributed by atoms with Crippen molar-refractivity contribution in [2.75, 3.05) is 36.6 Å². The molecule has 3 N–H and O–H groups in total. The van der Waals surface area contributed by atoms with E-state index in [9.17, 15) is 4.79 Å². The molecule has 0 radical (unpaired) electrons. The van der Waals surface area contributed by atoms with E-state index >= 15 is 0 Å². The number of methoxy groups -OCH3 is 1. The van der Waals surface area contributed by atoms with Crippen LogP contribution in [0.3, 0.4) is 0 Å². The number of thioether (sulfide) groups is 1. The monoisotopic (exact) mass is 327 g/mol. The molecule has 1 aliphatic carbocycles. The van der Waals surface area contributed by atoms with E-state index in [0.717, 1.165) is 36.7 Å². The molecule has 116 valence electrons. The zero-order chi connectivity index (χ0) is 15.0. The molecular weight excluding hydrogens is 306 g/mol. The topological polar surface area (TPSA) is 67.6 Å². The normalized spacial score (nSPS) is 22.2. The lowest BCUT2D eigenvalue weighted by atomic mass is 10.3. The summed E-state index contributed by atoms with van der Waals surface area (Å²) in [6, 6.07) is 0.333. The van der Waals surface area contributed by atoms with Gasteiger partial charge in [-0.1, -0.05) is 6.92 Å². The first-order valence-corrected chi connectivity index (χ1v) is 9.10. The van der Waals surface area contributed by atoms with E-state index in [1.807, 2.05) is 11.8 Å². The van der Waals surface area contributed by atoms with Crippen molar-refractivity contribution in [3.05, 3.63) is 4.88 Å². The smallest absolute Gasteiger partial charge is 0.263 e. The lowest BCUT2D eigenvalue weighted by molar-refractivity contribution is 0.0956. The van der Waals surface area contributed by atoms with Gasteiger partial charge in [0.2, 0.25) is 0 Å². The number of amides is 1. The van der Waals surface area contributed by atoms with Crippen molar-refractivity contribution in [2.45, 2.75) is 31.1 Å². The number of nitrogen functional groups attached to an aromatic ring is 1. The van der Waals surface area contributed by atoms with Crippen molar-refractivity contribution in [3.63, 3.8) is 0 Å². The molecule has 1 unspecified atom stereocenters. The summed E-state index contributed by atoms with van der Waals surface area (Å²) in [6.07, 6.45) is 2.14. The number of nitrogens with zero attached hydrogens (tertiary/aromatic N) is 1. The van der Waals surface area contributed by atoms with Gasteiger partial charge in [0.15, 0.2) is 5.75 Å². The fourth-order valence-electron chi connectivity index (χ4n) is 2.47. The average Bonchev–Trinajstić information content (AvgIpc) is 3.20. The molecule has 2 fully saturated rings. The van der Waals surface area contributed by atoms with Crippen molar-refractivity contribution >= 4 is 39.7 Å². The molecule has 21 heavy (non-hydrogen) atoms. The minimum absolute atomic E-state index is 0.0658. The lowest BCUT2D eigenvalue weighted by Crippen LogP contribution is -2.36. The second kappa shape index (κ2) is 5.96. The highest BCUT2D eigenvalue weighted by molar-refractivity contribution is 8.00. The number of nitrogens with two attached hydrogens (primary N) is 1. The second-order valence-corrected chi connectivity index (χ2v) is 8.10. The van der Waals surface area contributed by atoms with Gasteiger partial charge in [-0.3, -0.25) is 4.79 Å². The Hall–Kier alpha value is -1.08. The summed E-state index contributed by atoms with van der Waals surface area (Å²) in [6.45, 7) is 4.15. The van der Waals surface area contributed by atoms with E-state index in [2.05, 4.69) is 17.1 Å². The van der Waals surface area contributed by atoms with Crippen LogP contribution in [0.4, 0.5) is 10.7 Å². The number of ether oxygens (including phenoxy) is 1. The number of anilines is 2. The number of nitrogens with one attached hydrogen (secondary N) is 1. The Bertz CT molecular complexity index is 543. The largest absolute Gasteiger partial charge is 0.492 e. The predicted molar refractivity (Wildman–Crippen MR) is 89.9 cm³/mol. The van der Waals surface area contributed by atoms with Crippen LogP contribution in [0, 0.1) is 0 Å². The van der Waals surface area contributed by atoms with Crippen molar-refractivity contribution in [1.82, 2.24) is 5.32 Å². The zero-order valence-corrected chi connectivity index (χ0v) is 14.0. The molecule has 1 amide bonds. The maximum absolute atomic E-state index is 12.3. The van der Waals surface area contributed by atoms with Gasteiger partial charge in [0, 0.05) is 30.1 Å². The molecule has 1 saturated carbocycles. The van der Waals surface area contributed by atoms with Crippen LogP contribution in [-0.2, 0) is 0 Å². The van der Waals surface area contributed by atoms with E-state index in [1.165, 1.54) is 11.3 Å². The first-order valence-electron chi connectivity index (χ1n) is 7.23. The summed E-state index contributed by atoms with van der Waals surface area (Å²) in [5.41, 5.74) is 6.62. The van der Waals surface area contributed by atoms with Gasteiger partial charge in [0.05, 0.1) is 7.11 Å². The highest BCUT2D eigenvalue weighted by Gasteiger charge is 2.30. The molecule has 7 heteroatoms. The molecule has 1 aliphatic heterocycles. The molecule has 1 atom stereocenters. The van der Waals surface area contributed by atoms with Crippen LogP contribution in [0.2, 0.25) is 0 Å². The Kier molecular flexibility index (Phi) is 4.21. The molecule has 1 aromatic heterocycles. The van der Waals surface area contributed by atoms with Gasteiger partial charge in [0.25, 0.3) is 5.91 Å². The highest BCUT2D eigenvalue weighted by atomic mass is 32.2.